The van der Waals surface area contributed by atoms with Crippen LogP contribution in [-0.2, 0) is 5.60 Å². The number of aromatic nitrogens is 1. The van der Waals surface area contributed by atoms with E-state index in [2.05, 4.69) is 11.1 Å². The van der Waals surface area contributed by atoms with Crippen molar-refractivity contribution in [3.63, 3.8) is 0 Å². The fraction of sp³-hybridized carbons (Fsp3) is 0.500. The van der Waals surface area contributed by atoms with Gasteiger partial charge in [0.1, 0.15) is 5.60 Å². The van der Waals surface area contributed by atoms with Crippen molar-refractivity contribution in [2.45, 2.75) is 18.4 Å². The first-order valence-corrected chi connectivity index (χ1v) is 5.76. The standard InChI is InChI=1S/C12H11ClN2O/c13-7-1-2-15-11(3-7)12(16)4-8-9(5-12)10(8)6-14/h1-3,8-10,16H,4-5H2. The zero-order chi connectivity index (χ0) is 11.3. The molecular formula is C12H11ClN2O. The van der Waals surface area contributed by atoms with E-state index in [1.807, 2.05) is 0 Å². The summed E-state index contributed by atoms with van der Waals surface area (Å²) in [5, 5.41) is 19.9. The second-order valence-electron chi connectivity index (χ2n) is 4.78. The van der Waals surface area contributed by atoms with E-state index in [9.17, 15) is 5.11 Å². The molecule has 82 valence electrons. The van der Waals surface area contributed by atoms with E-state index in [1.54, 1.807) is 18.3 Å². The molecule has 3 nitrogen and oxygen atoms in total. The molecule has 0 amide bonds. The number of fused-ring (bicyclic) bond motifs is 1. The topological polar surface area (TPSA) is 56.9 Å². The summed E-state index contributed by atoms with van der Waals surface area (Å²) in [5.74, 6) is 0.867. The Hall–Kier alpha value is -1.11. The van der Waals surface area contributed by atoms with Crippen LogP contribution in [0.4, 0.5) is 0 Å². The Morgan fingerprint density at radius 3 is 2.75 bits per heavy atom. The van der Waals surface area contributed by atoms with Crippen LogP contribution in [0.25, 0.3) is 0 Å². The van der Waals surface area contributed by atoms with Crippen LogP contribution in [0.2, 0.25) is 5.02 Å². The maximum atomic E-state index is 10.5. The summed E-state index contributed by atoms with van der Waals surface area (Å²) in [4.78, 5) is 4.18. The van der Waals surface area contributed by atoms with Gasteiger partial charge < -0.3 is 5.11 Å². The molecule has 1 aromatic heterocycles. The van der Waals surface area contributed by atoms with Gasteiger partial charge in [-0.05, 0) is 36.8 Å². The largest absolute Gasteiger partial charge is 0.384 e. The number of halogens is 1. The van der Waals surface area contributed by atoms with Crippen LogP contribution in [0, 0.1) is 29.1 Å². The third kappa shape index (κ3) is 1.34. The van der Waals surface area contributed by atoms with Crippen LogP contribution in [0.1, 0.15) is 18.5 Å². The summed E-state index contributed by atoms with van der Waals surface area (Å²) in [6.07, 6.45) is 2.90. The normalized spacial score (nSPS) is 40.2. The predicted molar refractivity (Wildman–Crippen MR) is 58.5 cm³/mol. The van der Waals surface area contributed by atoms with E-state index < -0.39 is 5.60 Å². The summed E-state index contributed by atoms with van der Waals surface area (Å²) < 4.78 is 0. The van der Waals surface area contributed by atoms with Gasteiger partial charge in [-0.15, -0.1) is 0 Å². The number of aliphatic hydroxyl groups is 1. The van der Waals surface area contributed by atoms with Crippen LogP contribution in [-0.4, -0.2) is 10.1 Å². The van der Waals surface area contributed by atoms with E-state index in [4.69, 9.17) is 16.9 Å². The molecule has 3 rings (SSSR count). The molecule has 2 unspecified atom stereocenters. The van der Waals surface area contributed by atoms with Crippen LogP contribution in [0.5, 0.6) is 0 Å². The zero-order valence-electron chi connectivity index (χ0n) is 8.60. The maximum absolute atomic E-state index is 10.5. The number of pyridine rings is 1. The molecule has 0 saturated heterocycles. The zero-order valence-corrected chi connectivity index (χ0v) is 9.35. The Morgan fingerprint density at radius 1 is 1.50 bits per heavy atom. The highest BCUT2D eigenvalue weighted by Gasteiger charge is 2.62. The van der Waals surface area contributed by atoms with Crippen molar-refractivity contribution in [1.82, 2.24) is 4.98 Å². The molecule has 0 bridgehead atoms. The molecule has 2 aliphatic carbocycles. The molecule has 1 aromatic rings. The van der Waals surface area contributed by atoms with Gasteiger partial charge in [0.15, 0.2) is 0 Å². The molecule has 4 heteroatoms. The van der Waals surface area contributed by atoms with E-state index in [0.29, 0.717) is 35.4 Å². The lowest BCUT2D eigenvalue weighted by atomic mass is 9.91. The van der Waals surface area contributed by atoms with Crippen LogP contribution >= 0.6 is 11.6 Å². The molecule has 2 fully saturated rings. The molecular weight excluding hydrogens is 224 g/mol. The van der Waals surface area contributed by atoms with Gasteiger partial charge in [0, 0.05) is 11.2 Å². The van der Waals surface area contributed by atoms with Gasteiger partial charge in [0.2, 0.25) is 0 Å². The van der Waals surface area contributed by atoms with Crippen molar-refractivity contribution >= 4 is 11.6 Å². The average molecular weight is 235 g/mol. The monoisotopic (exact) mass is 234 g/mol. The smallest absolute Gasteiger partial charge is 0.107 e. The highest BCUT2D eigenvalue weighted by Crippen LogP contribution is 2.63. The fourth-order valence-corrected chi connectivity index (χ4v) is 3.08. The lowest BCUT2D eigenvalue weighted by Crippen LogP contribution is -2.25. The molecule has 2 atom stereocenters. The summed E-state index contributed by atoms with van der Waals surface area (Å²) in [5.41, 5.74) is -0.225. The van der Waals surface area contributed by atoms with Gasteiger partial charge in [-0.2, -0.15) is 5.26 Å². The third-order valence-electron chi connectivity index (χ3n) is 3.83. The van der Waals surface area contributed by atoms with E-state index in [-0.39, 0.29) is 5.92 Å². The molecule has 1 heterocycles. The van der Waals surface area contributed by atoms with Gasteiger partial charge >= 0.3 is 0 Å². The molecule has 0 aromatic carbocycles. The molecule has 1 N–H and O–H groups in total. The fourth-order valence-electron chi connectivity index (χ4n) is 2.92. The average Bonchev–Trinajstić information content (AvgIpc) is 2.76. The highest BCUT2D eigenvalue weighted by atomic mass is 35.5. The Balaban J connectivity index is 1.85. The highest BCUT2D eigenvalue weighted by molar-refractivity contribution is 6.30. The first kappa shape index (κ1) is 10.1. The van der Waals surface area contributed by atoms with E-state index >= 15 is 0 Å². The summed E-state index contributed by atoms with van der Waals surface area (Å²) in [7, 11) is 0. The quantitative estimate of drug-likeness (QED) is 0.810. The lowest BCUT2D eigenvalue weighted by Gasteiger charge is -2.24. The Kier molecular flexibility index (Phi) is 2.01. The van der Waals surface area contributed by atoms with E-state index in [0.717, 1.165) is 0 Å². The lowest BCUT2D eigenvalue weighted by molar-refractivity contribution is 0.0240. The van der Waals surface area contributed by atoms with Crippen molar-refractivity contribution in [2.75, 3.05) is 0 Å². The van der Waals surface area contributed by atoms with Gasteiger partial charge in [-0.1, -0.05) is 11.6 Å². The number of nitrogens with zero attached hydrogens (tertiary/aromatic N) is 2. The van der Waals surface area contributed by atoms with Gasteiger partial charge in [0.25, 0.3) is 0 Å². The minimum absolute atomic E-state index is 0.152. The van der Waals surface area contributed by atoms with Crippen molar-refractivity contribution in [2.24, 2.45) is 17.8 Å². The van der Waals surface area contributed by atoms with Crippen molar-refractivity contribution in [1.29, 1.82) is 5.26 Å². The summed E-state index contributed by atoms with van der Waals surface area (Å²) in [6, 6.07) is 5.70. The maximum Gasteiger partial charge on any atom is 0.107 e. The van der Waals surface area contributed by atoms with Gasteiger partial charge in [-0.25, -0.2) is 0 Å². The van der Waals surface area contributed by atoms with Crippen molar-refractivity contribution in [3.8, 4) is 6.07 Å². The second kappa shape index (κ2) is 3.19. The second-order valence-corrected chi connectivity index (χ2v) is 5.22. The minimum Gasteiger partial charge on any atom is -0.384 e. The number of hydrogen-bond acceptors (Lipinski definition) is 3. The Morgan fingerprint density at radius 2 is 2.19 bits per heavy atom. The first-order chi connectivity index (χ1) is 7.64. The molecule has 0 spiro atoms. The summed E-state index contributed by atoms with van der Waals surface area (Å²) >= 11 is 5.89. The molecule has 0 radical (unpaired) electrons. The number of nitriles is 1. The van der Waals surface area contributed by atoms with Crippen molar-refractivity contribution < 1.29 is 5.11 Å². The van der Waals surface area contributed by atoms with E-state index in [1.165, 1.54) is 0 Å². The predicted octanol–water partition coefficient (Wildman–Crippen LogP) is 2.10. The van der Waals surface area contributed by atoms with Gasteiger partial charge in [0.05, 0.1) is 17.7 Å². The van der Waals surface area contributed by atoms with Gasteiger partial charge in [-0.3, -0.25) is 4.98 Å². The third-order valence-corrected chi connectivity index (χ3v) is 4.06. The van der Waals surface area contributed by atoms with Crippen LogP contribution in [0.3, 0.4) is 0 Å². The number of rotatable bonds is 1. The summed E-state index contributed by atoms with van der Waals surface area (Å²) in [6.45, 7) is 0. The Labute approximate surface area is 98.7 Å². The number of hydrogen-bond donors (Lipinski definition) is 1. The molecule has 2 saturated carbocycles. The SMILES string of the molecule is N#CC1C2CC(O)(c3cc(Cl)ccn3)CC12. The van der Waals surface area contributed by atoms with Crippen LogP contribution in [0.15, 0.2) is 18.3 Å². The minimum atomic E-state index is -0.867. The van der Waals surface area contributed by atoms with Crippen molar-refractivity contribution in [3.05, 3.63) is 29.0 Å². The first-order valence-electron chi connectivity index (χ1n) is 5.38. The molecule has 16 heavy (non-hydrogen) atoms. The molecule has 0 aliphatic heterocycles. The molecule has 2 aliphatic rings. The van der Waals surface area contributed by atoms with Crippen LogP contribution < -0.4 is 0 Å². The Bertz CT molecular complexity index is 470.